The Morgan fingerprint density at radius 2 is 2.43 bits per heavy atom. The molecule has 0 spiro atoms. The molecule has 0 aromatic carbocycles. The van der Waals surface area contributed by atoms with Crippen LogP contribution in [0.4, 0.5) is 0 Å². The van der Waals surface area contributed by atoms with Gasteiger partial charge in [0.1, 0.15) is 6.73 Å². The average molecular weight is 215 g/mol. The van der Waals surface area contributed by atoms with Crippen molar-refractivity contribution in [1.29, 1.82) is 0 Å². The molecule has 0 heterocycles. The van der Waals surface area contributed by atoms with Gasteiger partial charge in [-0.3, -0.25) is 4.79 Å². The second kappa shape index (κ2) is 4.32. The smallest absolute Gasteiger partial charge is 0.231 e. The molecular weight excluding hydrogens is 209 g/mol. The highest BCUT2D eigenvalue weighted by Gasteiger charge is 1.90. The van der Waals surface area contributed by atoms with E-state index in [1.165, 1.54) is 0 Å². The fourth-order valence-electron chi connectivity index (χ4n) is 0.135. The van der Waals surface area contributed by atoms with Crippen LogP contribution in [0.1, 0.15) is 0 Å². The first-order valence-corrected chi connectivity index (χ1v) is 3.27. The monoisotopic (exact) mass is 215 g/mol. The Morgan fingerprint density at radius 3 is 2.57 bits per heavy atom. The first kappa shape index (κ1) is 7.16. The van der Waals surface area contributed by atoms with Gasteiger partial charge in [0.25, 0.3) is 0 Å². The first-order valence-electron chi connectivity index (χ1n) is 1.74. The highest BCUT2D eigenvalue weighted by molar-refractivity contribution is 14.1. The first-order chi connectivity index (χ1) is 3.31. The van der Waals surface area contributed by atoms with Gasteiger partial charge in [0.05, 0.1) is 4.43 Å². The number of aliphatic hydroxyl groups is 1. The normalized spacial score (nSPS) is 8.29. The third-order valence-electron chi connectivity index (χ3n) is 0.398. The summed E-state index contributed by atoms with van der Waals surface area (Å²) in [5, 5.41) is 10.2. The van der Waals surface area contributed by atoms with Crippen LogP contribution in [0, 0.1) is 0 Å². The molecule has 7 heavy (non-hydrogen) atoms. The number of alkyl halides is 1. The zero-order chi connectivity index (χ0) is 5.70. The lowest BCUT2D eigenvalue weighted by Gasteiger charge is -1.92. The van der Waals surface area contributed by atoms with Crippen LogP contribution in [0.25, 0.3) is 0 Å². The summed E-state index contributed by atoms with van der Waals surface area (Å²) in [5.74, 6) is -0.136. The minimum atomic E-state index is -0.262. The van der Waals surface area contributed by atoms with Crippen molar-refractivity contribution in [3.63, 3.8) is 0 Å². The van der Waals surface area contributed by atoms with Gasteiger partial charge >= 0.3 is 0 Å². The third-order valence-corrected chi connectivity index (χ3v) is 1.09. The molecule has 0 unspecified atom stereocenters. The predicted octanol–water partition coefficient (Wildman–Crippen LogP) is -0.513. The number of rotatable bonds is 2. The van der Waals surface area contributed by atoms with Crippen molar-refractivity contribution in [2.45, 2.75) is 0 Å². The number of aliphatic hydroxyl groups excluding tert-OH is 1. The topological polar surface area (TPSA) is 49.3 Å². The maximum absolute atomic E-state index is 10.1. The molecule has 0 rings (SSSR count). The average Bonchev–Trinajstić information content (AvgIpc) is 1.68. The molecular formula is C3H6INO2. The van der Waals surface area contributed by atoms with Crippen LogP contribution < -0.4 is 5.32 Å². The molecule has 1 amide bonds. The Morgan fingerprint density at radius 1 is 1.86 bits per heavy atom. The van der Waals surface area contributed by atoms with Gasteiger partial charge in [-0.2, -0.15) is 0 Å². The molecule has 0 fully saturated rings. The van der Waals surface area contributed by atoms with E-state index < -0.39 is 0 Å². The molecule has 0 bridgehead atoms. The van der Waals surface area contributed by atoms with Crippen molar-refractivity contribution >= 4 is 28.5 Å². The largest absolute Gasteiger partial charge is 0.377 e. The molecule has 0 aromatic rings. The van der Waals surface area contributed by atoms with Crippen molar-refractivity contribution < 1.29 is 9.90 Å². The number of hydrogen-bond acceptors (Lipinski definition) is 2. The number of carbonyl (C=O) groups excluding carboxylic acids is 1. The van der Waals surface area contributed by atoms with Crippen molar-refractivity contribution in [2.75, 3.05) is 11.2 Å². The molecule has 0 aliphatic rings. The van der Waals surface area contributed by atoms with Crippen LogP contribution in [0.15, 0.2) is 0 Å². The Balaban J connectivity index is 3.00. The van der Waals surface area contributed by atoms with Crippen molar-refractivity contribution in [2.24, 2.45) is 0 Å². The number of hydrogen-bond donors (Lipinski definition) is 2. The van der Waals surface area contributed by atoms with Crippen molar-refractivity contribution in [3.8, 4) is 0 Å². The number of nitrogens with one attached hydrogen (secondary N) is 1. The van der Waals surface area contributed by atoms with E-state index in [2.05, 4.69) is 5.32 Å². The summed E-state index contributed by atoms with van der Waals surface area (Å²) in [7, 11) is 0. The number of amides is 1. The number of carbonyl (C=O) groups is 1. The fraction of sp³-hybridized carbons (Fsp3) is 0.667. The zero-order valence-corrected chi connectivity index (χ0v) is 5.81. The van der Waals surface area contributed by atoms with Gasteiger partial charge in [-0.05, 0) is 0 Å². The molecule has 0 atom stereocenters. The van der Waals surface area contributed by atoms with E-state index >= 15 is 0 Å². The van der Waals surface area contributed by atoms with Gasteiger partial charge in [0, 0.05) is 0 Å². The lowest BCUT2D eigenvalue weighted by atomic mass is 10.7. The van der Waals surface area contributed by atoms with E-state index in [-0.39, 0.29) is 12.6 Å². The van der Waals surface area contributed by atoms with Gasteiger partial charge in [-0.15, -0.1) is 0 Å². The molecule has 0 aliphatic heterocycles. The summed E-state index contributed by atoms with van der Waals surface area (Å²) in [4.78, 5) is 10.1. The Kier molecular flexibility index (Phi) is 4.42. The SMILES string of the molecule is O=C(CI)NCO. The highest BCUT2D eigenvalue weighted by Crippen LogP contribution is 1.76. The second-order valence-electron chi connectivity index (χ2n) is 0.892. The minimum absolute atomic E-state index is 0.136. The summed E-state index contributed by atoms with van der Waals surface area (Å²) in [5.41, 5.74) is 0. The summed E-state index contributed by atoms with van der Waals surface area (Å²) in [6.07, 6.45) is 0. The molecule has 3 nitrogen and oxygen atoms in total. The molecule has 0 saturated carbocycles. The summed E-state index contributed by atoms with van der Waals surface area (Å²) < 4.78 is 0.401. The molecule has 0 aliphatic carbocycles. The molecule has 0 saturated heterocycles. The molecule has 0 radical (unpaired) electrons. The minimum Gasteiger partial charge on any atom is -0.377 e. The van der Waals surface area contributed by atoms with E-state index in [9.17, 15) is 4.79 Å². The van der Waals surface area contributed by atoms with Crippen LogP contribution in [-0.2, 0) is 4.79 Å². The van der Waals surface area contributed by atoms with Crippen LogP contribution in [0.2, 0.25) is 0 Å². The van der Waals surface area contributed by atoms with Crippen molar-refractivity contribution in [3.05, 3.63) is 0 Å². The molecule has 42 valence electrons. The maximum atomic E-state index is 10.1. The van der Waals surface area contributed by atoms with Gasteiger partial charge < -0.3 is 10.4 Å². The van der Waals surface area contributed by atoms with Crippen LogP contribution in [0.5, 0.6) is 0 Å². The lowest BCUT2D eigenvalue weighted by Crippen LogP contribution is -2.24. The quantitative estimate of drug-likeness (QED) is 0.370. The zero-order valence-electron chi connectivity index (χ0n) is 3.65. The fourth-order valence-corrected chi connectivity index (χ4v) is 0.405. The number of halogens is 1. The molecule has 2 N–H and O–H groups in total. The van der Waals surface area contributed by atoms with E-state index in [0.29, 0.717) is 4.43 Å². The second-order valence-corrected chi connectivity index (χ2v) is 1.65. The molecule has 0 aromatic heterocycles. The van der Waals surface area contributed by atoms with E-state index in [1.807, 2.05) is 22.6 Å². The Hall–Kier alpha value is 0.160. The maximum Gasteiger partial charge on any atom is 0.231 e. The summed E-state index contributed by atoms with van der Waals surface area (Å²) >= 11 is 1.91. The van der Waals surface area contributed by atoms with Crippen LogP contribution >= 0.6 is 22.6 Å². The van der Waals surface area contributed by atoms with Gasteiger partial charge in [0.15, 0.2) is 0 Å². The van der Waals surface area contributed by atoms with E-state index in [4.69, 9.17) is 5.11 Å². The van der Waals surface area contributed by atoms with E-state index in [1.54, 1.807) is 0 Å². The van der Waals surface area contributed by atoms with Gasteiger partial charge in [-0.25, -0.2) is 0 Å². The predicted molar refractivity (Wildman–Crippen MR) is 34.1 cm³/mol. The van der Waals surface area contributed by atoms with Gasteiger partial charge in [-0.1, -0.05) is 22.6 Å². The van der Waals surface area contributed by atoms with Crippen molar-refractivity contribution in [1.82, 2.24) is 5.32 Å². The Labute approximate surface area is 55.2 Å². The summed E-state index contributed by atoms with van der Waals surface area (Å²) in [6.45, 7) is -0.262. The summed E-state index contributed by atoms with van der Waals surface area (Å²) in [6, 6.07) is 0. The Bertz CT molecular complexity index is 66.0. The van der Waals surface area contributed by atoms with E-state index in [0.717, 1.165) is 0 Å². The van der Waals surface area contributed by atoms with Crippen LogP contribution in [-0.4, -0.2) is 22.2 Å². The standard InChI is InChI=1S/C3H6INO2/c4-1-3(7)5-2-6/h6H,1-2H2,(H,5,7). The lowest BCUT2D eigenvalue weighted by molar-refractivity contribution is -0.119. The van der Waals surface area contributed by atoms with Crippen LogP contribution in [0.3, 0.4) is 0 Å². The molecule has 4 heteroatoms. The highest BCUT2D eigenvalue weighted by atomic mass is 127. The third kappa shape index (κ3) is 4.00. The van der Waals surface area contributed by atoms with Gasteiger partial charge in [0.2, 0.25) is 5.91 Å².